The molecule has 0 aliphatic carbocycles. The van der Waals surface area contributed by atoms with E-state index >= 15 is 0 Å². The Morgan fingerprint density at radius 2 is 1.57 bits per heavy atom. The van der Waals surface area contributed by atoms with Gasteiger partial charge in [-0.25, -0.2) is 4.79 Å². The van der Waals surface area contributed by atoms with Crippen molar-refractivity contribution in [1.82, 2.24) is 9.13 Å². The maximum Gasteiger partial charge on any atom is 0.329 e. The number of aromatic nitrogens is 2. The van der Waals surface area contributed by atoms with Gasteiger partial charge >= 0.3 is 5.69 Å². The quantitative estimate of drug-likeness (QED) is 0.491. The van der Waals surface area contributed by atoms with Crippen LogP contribution < -0.4 is 16.7 Å². The van der Waals surface area contributed by atoms with Gasteiger partial charge in [0.25, 0.3) is 5.91 Å². The highest BCUT2D eigenvalue weighted by atomic mass is 16.2. The molecule has 6 nitrogen and oxygen atoms in total. The summed E-state index contributed by atoms with van der Waals surface area (Å²) in [5, 5.41) is 2.82. The van der Waals surface area contributed by atoms with Crippen molar-refractivity contribution in [2.75, 3.05) is 11.1 Å². The first-order chi connectivity index (χ1) is 14.5. The SMILES string of the molecule is CC(C)n1c(=O)n(Cc2ccc(C(=O)Nc3ccccc3N)cc2)c2ccccc21. The predicted molar refractivity (Wildman–Crippen MR) is 121 cm³/mol. The fourth-order valence-electron chi connectivity index (χ4n) is 3.63. The number of hydrogen-bond acceptors (Lipinski definition) is 3. The number of carbonyl (C=O) groups is 1. The zero-order chi connectivity index (χ0) is 21.3. The number of hydrogen-bond donors (Lipinski definition) is 2. The van der Waals surface area contributed by atoms with Crippen molar-refractivity contribution in [3.63, 3.8) is 0 Å². The van der Waals surface area contributed by atoms with E-state index in [1.165, 1.54) is 0 Å². The van der Waals surface area contributed by atoms with Crippen molar-refractivity contribution in [1.29, 1.82) is 0 Å². The van der Waals surface area contributed by atoms with Gasteiger partial charge < -0.3 is 11.1 Å². The van der Waals surface area contributed by atoms with Gasteiger partial charge in [0.05, 0.1) is 29.0 Å². The number of nitrogens with two attached hydrogens (primary N) is 1. The van der Waals surface area contributed by atoms with Gasteiger partial charge in [-0.1, -0.05) is 36.4 Å². The highest BCUT2D eigenvalue weighted by molar-refractivity contribution is 6.05. The van der Waals surface area contributed by atoms with Crippen LogP contribution in [0.4, 0.5) is 11.4 Å². The van der Waals surface area contributed by atoms with Gasteiger partial charge in [-0.05, 0) is 55.8 Å². The van der Waals surface area contributed by atoms with Crippen molar-refractivity contribution >= 4 is 28.3 Å². The zero-order valence-electron chi connectivity index (χ0n) is 17.0. The van der Waals surface area contributed by atoms with Crippen LogP contribution in [-0.4, -0.2) is 15.0 Å². The number of nitrogen functional groups attached to an aromatic ring is 1. The summed E-state index contributed by atoms with van der Waals surface area (Å²) in [7, 11) is 0. The number of imidazole rings is 1. The van der Waals surface area contributed by atoms with Crippen molar-refractivity contribution in [2.24, 2.45) is 0 Å². The minimum atomic E-state index is -0.229. The van der Waals surface area contributed by atoms with Crippen molar-refractivity contribution in [3.05, 3.63) is 94.4 Å². The molecule has 4 aromatic rings. The van der Waals surface area contributed by atoms with E-state index in [9.17, 15) is 9.59 Å². The van der Waals surface area contributed by atoms with E-state index < -0.39 is 0 Å². The standard InChI is InChI=1S/C24H24N4O2/c1-16(2)28-22-10-6-5-9-21(22)27(24(28)30)15-17-11-13-18(14-12-17)23(29)26-20-8-4-3-7-19(20)25/h3-14,16H,15,25H2,1-2H3,(H,26,29). The van der Waals surface area contributed by atoms with Gasteiger partial charge in [0.1, 0.15) is 0 Å². The summed E-state index contributed by atoms with van der Waals surface area (Å²) in [5.74, 6) is -0.229. The number of para-hydroxylation sites is 4. The van der Waals surface area contributed by atoms with Crippen LogP contribution in [0.25, 0.3) is 11.0 Å². The largest absolute Gasteiger partial charge is 0.397 e. The van der Waals surface area contributed by atoms with Crippen LogP contribution in [-0.2, 0) is 6.54 Å². The second kappa shape index (κ2) is 7.91. The molecule has 0 fully saturated rings. The summed E-state index contributed by atoms with van der Waals surface area (Å²) < 4.78 is 3.58. The molecule has 1 heterocycles. The smallest absolute Gasteiger partial charge is 0.329 e. The average Bonchev–Trinajstić information content (AvgIpc) is 3.02. The summed E-state index contributed by atoms with van der Waals surface area (Å²) in [4.78, 5) is 25.5. The Labute approximate surface area is 174 Å². The number of rotatable bonds is 5. The number of carbonyl (C=O) groups excluding carboxylic acids is 1. The minimum absolute atomic E-state index is 0.0347. The van der Waals surface area contributed by atoms with Crippen LogP contribution in [0.1, 0.15) is 35.8 Å². The Balaban J connectivity index is 1.59. The predicted octanol–water partition coefficient (Wildman–Crippen LogP) is 4.27. The Bertz CT molecular complexity index is 1270. The molecule has 3 N–H and O–H groups in total. The van der Waals surface area contributed by atoms with Crippen LogP contribution in [0, 0.1) is 0 Å². The summed E-state index contributed by atoms with van der Waals surface area (Å²) in [5.41, 5.74) is 10.3. The van der Waals surface area contributed by atoms with Crippen LogP contribution in [0.5, 0.6) is 0 Å². The van der Waals surface area contributed by atoms with E-state index in [-0.39, 0.29) is 17.6 Å². The van der Waals surface area contributed by atoms with E-state index in [0.717, 1.165) is 16.6 Å². The fraction of sp³-hybridized carbons (Fsp3) is 0.167. The summed E-state index contributed by atoms with van der Waals surface area (Å²) in [6.45, 7) is 4.45. The molecule has 0 bridgehead atoms. The van der Waals surface area contributed by atoms with Gasteiger partial charge in [-0.2, -0.15) is 0 Å². The number of nitrogens with one attached hydrogen (secondary N) is 1. The van der Waals surface area contributed by atoms with Crippen molar-refractivity contribution < 1.29 is 4.79 Å². The van der Waals surface area contributed by atoms with Gasteiger partial charge in [0.15, 0.2) is 0 Å². The molecule has 0 unspecified atom stereocenters. The van der Waals surface area contributed by atoms with Gasteiger partial charge in [0.2, 0.25) is 0 Å². The Morgan fingerprint density at radius 3 is 2.23 bits per heavy atom. The maximum absolute atomic E-state index is 13.0. The fourth-order valence-corrected chi connectivity index (χ4v) is 3.63. The molecule has 0 radical (unpaired) electrons. The summed E-state index contributed by atoms with van der Waals surface area (Å²) >= 11 is 0. The van der Waals surface area contributed by atoms with Crippen molar-refractivity contribution in [2.45, 2.75) is 26.4 Å². The molecule has 0 spiro atoms. The van der Waals surface area contributed by atoms with Crippen LogP contribution in [0.15, 0.2) is 77.6 Å². The van der Waals surface area contributed by atoms with E-state index in [4.69, 9.17) is 5.73 Å². The maximum atomic E-state index is 13.0. The van der Waals surface area contributed by atoms with Gasteiger partial charge in [0, 0.05) is 11.6 Å². The molecular formula is C24H24N4O2. The molecule has 1 amide bonds. The molecule has 0 atom stereocenters. The Hall–Kier alpha value is -3.80. The van der Waals surface area contributed by atoms with Crippen LogP contribution in [0.2, 0.25) is 0 Å². The van der Waals surface area contributed by atoms with E-state index in [1.54, 1.807) is 33.4 Å². The molecule has 3 aromatic carbocycles. The molecule has 30 heavy (non-hydrogen) atoms. The lowest BCUT2D eigenvalue weighted by Crippen LogP contribution is -2.26. The molecule has 152 valence electrons. The third kappa shape index (κ3) is 3.59. The number of fused-ring (bicyclic) bond motifs is 1. The van der Waals surface area contributed by atoms with E-state index in [0.29, 0.717) is 23.5 Å². The number of anilines is 2. The summed E-state index contributed by atoms with van der Waals surface area (Å²) in [6, 6.07) is 22.3. The lowest BCUT2D eigenvalue weighted by atomic mass is 10.1. The molecule has 6 heteroatoms. The lowest BCUT2D eigenvalue weighted by molar-refractivity contribution is 0.102. The molecule has 0 aliphatic rings. The second-order valence-electron chi connectivity index (χ2n) is 7.56. The first-order valence-electron chi connectivity index (χ1n) is 9.90. The van der Waals surface area contributed by atoms with Gasteiger partial charge in [-0.3, -0.25) is 13.9 Å². The highest BCUT2D eigenvalue weighted by Crippen LogP contribution is 2.20. The zero-order valence-corrected chi connectivity index (χ0v) is 17.0. The Morgan fingerprint density at radius 1 is 0.933 bits per heavy atom. The summed E-state index contributed by atoms with van der Waals surface area (Å²) in [6.07, 6.45) is 0. The molecule has 1 aromatic heterocycles. The third-order valence-corrected chi connectivity index (χ3v) is 5.15. The molecule has 0 saturated carbocycles. The van der Waals surface area contributed by atoms with Crippen LogP contribution in [0.3, 0.4) is 0 Å². The molecular weight excluding hydrogens is 376 g/mol. The van der Waals surface area contributed by atoms with E-state index in [1.807, 2.05) is 62.4 Å². The molecule has 0 aliphatic heterocycles. The lowest BCUT2D eigenvalue weighted by Gasteiger charge is -2.09. The van der Waals surface area contributed by atoms with Crippen LogP contribution >= 0.6 is 0 Å². The minimum Gasteiger partial charge on any atom is -0.397 e. The second-order valence-corrected chi connectivity index (χ2v) is 7.56. The number of amides is 1. The first kappa shape index (κ1) is 19.5. The average molecular weight is 400 g/mol. The monoisotopic (exact) mass is 400 g/mol. The van der Waals surface area contributed by atoms with Crippen molar-refractivity contribution in [3.8, 4) is 0 Å². The Kier molecular flexibility index (Phi) is 5.14. The topological polar surface area (TPSA) is 82.0 Å². The molecule has 0 saturated heterocycles. The number of benzene rings is 3. The highest BCUT2D eigenvalue weighted by Gasteiger charge is 2.15. The first-order valence-corrected chi connectivity index (χ1v) is 9.90. The normalized spacial score (nSPS) is 11.2. The number of nitrogens with zero attached hydrogens (tertiary/aromatic N) is 2. The van der Waals surface area contributed by atoms with Gasteiger partial charge in [-0.15, -0.1) is 0 Å². The van der Waals surface area contributed by atoms with E-state index in [2.05, 4.69) is 5.32 Å². The molecule has 4 rings (SSSR count). The third-order valence-electron chi connectivity index (χ3n) is 5.15.